The van der Waals surface area contributed by atoms with Crippen molar-refractivity contribution < 1.29 is 4.79 Å². The molecule has 0 atom stereocenters. The summed E-state index contributed by atoms with van der Waals surface area (Å²) >= 11 is 0. The standard InChI is InChI=1S/C15H26N4O/c1-5-16-14-8-13(6-7-17-14)10-19(4)11-15(20)18-9-12(2)3/h6-8,12H,5,9-11H2,1-4H3,(H,16,17)(H,18,20). The van der Waals surface area contributed by atoms with E-state index >= 15 is 0 Å². The van der Waals surface area contributed by atoms with E-state index in [2.05, 4.69) is 29.5 Å². The van der Waals surface area contributed by atoms with Gasteiger partial charge in [0.15, 0.2) is 0 Å². The Balaban J connectivity index is 2.43. The first-order valence-corrected chi connectivity index (χ1v) is 7.15. The molecule has 1 aromatic rings. The number of nitrogens with one attached hydrogen (secondary N) is 2. The Kier molecular flexibility index (Phi) is 7.01. The van der Waals surface area contributed by atoms with Crippen molar-refractivity contribution in [3.63, 3.8) is 0 Å². The van der Waals surface area contributed by atoms with Gasteiger partial charge in [-0.2, -0.15) is 0 Å². The van der Waals surface area contributed by atoms with E-state index in [1.807, 2.05) is 31.0 Å². The Hall–Kier alpha value is -1.62. The van der Waals surface area contributed by atoms with Gasteiger partial charge >= 0.3 is 0 Å². The van der Waals surface area contributed by atoms with Crippen molar-refractivity contribution in [2.75, 3.05) is 32.0 Å². The van der Waals surface area contributed by atoms with Crippen molar-refractivity contribution in [1.29, 1.82) is 0 Å². The average molecular weight is 278 g/mol. The Bertz CT molecular complexity index is 420. The molecule has 112 valence electrons. The maximum absolute atomic E-state index is 11.7. The van der Waals surface area contributed by atoms with E-state index in [9.17, 15) is 4.79 Å². The second-order valence-electron chi connectivity index (χ2n) is 5.45. The molecule has 0 aliphatic carbocycles. The molecule has 0 radical (unpaired) electrons. The molecule has 0 aliphatic rings. The number of carbonyl (C=O) groups excluding carboxylic acids is 1. The number of hydrogen-bond acceptors (Lipinski definition) is 4. The van der Waals surface area contributed by atoms with E-state index in [0.29, 0.717) is 12.5 Å². The first-order chi connectivity index (χ1) is 9.51. The minimum atomic E-state index is 0.0714. The minimum Gasteiger partial charge on any atom is -0.370 e. The van der Waals surface area contributed by atoms with Gasteiger partial charge in [0.1, 0.15) is 5.82 Å². The Labute approximate surface area is 121 Å². The summed E-state index contributed by atoms with van der Waals surface area (Å²) in [5, 5.41) is 6.11. The van der Waals surface area contributed by atoms with Crippen LogP contribution in [-0.4, -0.2) is 42.5 Å². The highest BCUT2D eigenvalue weighted by molar-refractivity contribution is 5.77. The quantitative estimate of drug-likeness (QED) is 0.760. The maximum atomic E-state index is 11.7. The lowest BCUT2D eigenvalue weighted by molar-refractivity contribution is -0.122. The summed E-state index contributed by atoms with van der Waals surface area (Å²) in [6.45, 7) is 8.93. The molecular formula is C15H26N4O. The van der Waals surface area contributed by atoms with Gasteiger partial charge in [0.2, 0.25) is 5.91 Å². The van der Waals surface area contributed by atoms with Crippen LogP contribution in [0.5, 0.6) is 0 Å². The zero-order valence-electron chi connectivity index (χ0n) is 12.9. The number of carbonyl (C=O) groups is 1. The second-order valence-corrected chi connectivity index (χ2v) is 5.45. The number of aromatic nitrogens is 1. The Morgan fingerprint density at radius 3 is 2.85 bits per heavy atom. The average Bonchev–Trinajstić information content (AvgIpc) is 2.37. The molecule has 5 nitrogen and oxygen atoms in total. The second kappa shape index (κ2) is 8.53. The van der Waals surface area contributed by atoms with Gasteiger partial charge in [0.05, 0.1) is 6.54 Å². The predicted octanol–water partition coefficient (Wildman–Crippen LogP) is 1.72. The van der Waals surface area contributed by atoms with Crippen LogP contribution in [0.3, 0.4) is 0 Å². The molecule has 0 aromatic carbocycles. The third kappa shape index (κ3) is 6.52. The van der Waals surface area contributed by atoms with Gasteiger partial charge in [0.25, 0.3) is 0 Å². The number of pyridine rings is 1. The fourth-order valence-corrected chi connectivity index (χ4v) is 1.84. The molecule has 2 N–H and O–H groups in total. The van der Waals surface area contributed by atoms with Crippen LogP contribution in [0, 0.1) is 5.92 Å². The van der Waals surface area contributed by atoms with E-state index in [0.717, 1.165) is 31.0 Å². The molecule has 20 heavy (non-hydrogen) atoms. The highest BCUT2D eigenvalue weighted by Gasteiger charge is 2.08. The summed E-state index contributed by atoms with van der Waals surface area (Å²) in [5.41, 5.74) is 1.15. The highest BCUT2D eigenvalue weighted by atomic mass is 16.2. The van der Waals surface area contributed by atoms with Crippen LogP contribution in [0.2, 0.25) is 0 Å². The molecule has 1 rings (SSSR count). The van der Waals surface area contributed by atoms with Gasteiger partial charge < -0.3 is 10.6 Å². The smallest absolute Gasteiger partial charge is 0.234 e. The molecule has 0 saturated carbocycles. The van der Waals surface area contributed by atoms with E-state index in [1.165, 1.54) is 0 Å². The lowest BCUT2D eigenvalue weighted by Crippen LogP contribution is -2.36. The third-order valence-corrected chi connectivity index (χ3v) is 2.76. The predicted molar refractivity (Wildman–Crippen MR) is 82.6 cm³/mol. The molecule has 0 saturated heterocycles. The number of nitrogens with zero attached hydrogens (tertiary/aromatic N) is 2. The molecule has 0 spiro atoms. The van der Waals surface area contributed by atoms with Crippen molar-refractivity contribution in [2.24, 2.45) is 5.92 Å². The number of amides is 1. The van der Waals surface area contributed by atoms with Gasteiger partial charge in [-0.1, -0.05) is 13.8 Å². The number of likely N-dealkylation sites (N-methyl/N-ethyl adjacent to an activating group) is 1. The van der Waals surface area contributed by atoms with Crippen molar-refractivity contribution in [3.8, 4) is 0 Å². The van der Waals surface area contributed by atoms with Gasteiger partial charge in [0, 0.05) is 25.8 Å². The summed E-state index contributed by atoms with van der Waals surface area (Å²) in [4.78, 5) is 18.0. The molecule has 1 aromatic heterocycles. The van der Waals surface area contributed by atoms with Crippen LogP contribution in [0.15, 0.2) is 18.3 Å². The van der Waals surface area contributed by atoms with Crippen LogP contribution < -0.4 is 10.6 Å². The molecule has 5 heteroatoms. The van der Waals surface area contributed by atoms with Gasteiger partial charge in [-0.15, -0.1) is 0 Å². The molecule has 0 bridgehead atoms. The zero-order chi connectivity index (χ0) is 15.0. The van der Waals surface area contributed by atoms with Crippen LogP contribution >= 0.6 is 0 Å². The largest absolute Gasteiger partial charge is 0.370 e. The van der Waals surface area contributed by atoms with Crippen molar-refractivity contribution in [1.82, 2.24) is 15.2 Å². The minimum absolute atomic E-state index is 0.0714. The maximum Gasteiger partial charge on any atom is 0.234 e. The lowest BCUT2D eigenvalue weighted by atomic mass is 10.2. The third-order valence-electron chi connectivity index (χ3n) is 2.76. The van der Waals surface area contributed by atoms with E-state index in [-0.39, 0.29) is 5.91 Å². The van der Waals surface area contributed by atoms with Crippen molar-refractivity contribution >= 4 is 11.7 Å². The van der Waals surface area contributed by atoms with Crippen LogP contribution in [0.1, 0.15) is 26.3 Å². The van der Waals surface area contributed by atoms with Crippen LogP contribution in [0.4, 0.5) is 5.82 Å². The van der Waals surface area contributed by atoms with Crippen molar-refractivity contribution in [3.05, 3.63) is 23.9 Å². The monoisotopic (exact) mass is 278 g/mol. The van der Waals surface area contributed by atoms with Crippen molar-refractivity contribution in [2.45, 2.75) is 27.3 Å². The molecule has 0 aliphatic heterocycles. The van der Waals surface area contributed by atoms with Crippen LogP contribution in [-0.2, 0) is 11.3 Å². The van der Waals surface area contributed by atoms with E-state index in [1.54, 1.807) is 6.20 Å². The summed E-state index contributed by atoms with van der Waals surface area (Å²) in [5.74, 6) is 1.43. The van der Waals surface area contributed by atoms with E-state index in [4.69, 9.17) is 0 Å². The number of anilines is 1. The first kappa shape index (κ1) is 16.4. The summed E-state index contributed by atoms with van der Waals surface area (Å²) in [6.07, 6.45) is 1.79. The zero-order valence-corrected chi connectivity index (χ0v) is 12.9. The van der Waals surface area contributed by atoms with Gasteiger partial charge in [-0.3, -0.25) is 9.69 Å². The summed E-state index contributed by atoms with van der Waals surface area (Å²) in [6, 6.07) is 4.00. The molecular weight excluding hydrogens is 252 g/mol. The topological polar surface area (TPSA) is 57.3 Å². The fourth-order valence-electron chi connectivity index (χ4n) is 1.84. The highest BCUT2D eigenvalue weighted by Crippen LogP contribution is 2.08. The first-order valence-electron chi connectivity index (χ1n) is 7.15. The number of hydrogen-bond donors (Lipinski definition) is 2. The SMILES string of the molecule is CCNc1cc(CN(C)CC(=O)NCC(C)C)ccn1. The van der Waals surface area contributed by atoms with Gasteiger partial charge in [-0.25, -0.2) is 4.98 Å². The molecule has 0 fully saturated rings. The lowest BCUT2D eigenvalue weighted by Gasteiger charge is -2.17. The normalized spacial score (nSPS) is 10.9. The fraction of sp³-hybridized carbons (Fsp3) is 0.600. The molecule has 1 amide bonds. The van der Waals surface area contributed by atoms with Gasteiger partial charge in [-0.05, 0) is 37.6 Å². The Morgan fingerprint density at radius 2 is 2.20 bits per heavy atom. The molecule has 1 heterocycles. The van der Waals surface area contributed by atoms with E-state index < -0.39 is 0 Å². The molecule has 0 unspecified atom stereocenters. The number of rotatable bonds is 8. The summed E-state index contributed by atoms with van der Waals surface area (Å²) < 4.78 is 0. The Morgan fingerprint density at radius 1 is 1.45 bits per heavy atom. The van der Waals surface area contributed by atoms with Crippen LogP contribution in [0.25, 0.3) is 0 Å². The summed E-state index contributed by atoms with van der Waals surface area (Å²) in [7, 11) is 1.95.